The minimum absolute atomic E-state index is 0.0203. The van der Waals surface area contributed by atoms with E-state index in [0.717, 1.165) is 28.7 Å². The van der Waals surface area contributed by atoms with Gasteiger partial charge in [0.05, 0.1) is 0 Å². The number of carbonyl (C=O) groups excluding carboxylic acids is 2. The fourth-order valence-corrected chi connectivity index (χ4v) is 4.25. The number of rotatable bonds is 3. The van der Waals surface area contributed by atoms with Crippen molar-refractivity contribution in [1.29, 1.82) is 0 Å². The third-order valence-corrected chi connectivity index (χ3v) is 5.19. The first-order valence-corrected chi connectivity index (χ1v) is 8.33. The Balaban J connectivity index is 1.88. The first-order chi connectivity index (χ1) is 10.5. The number of allylic oxidation sites excluding steroid dienone is 2. The van der Waals surface area contributed by atoms with Crippen LogP contribution >= 0.6 is 0 Å². The van der Waals surface area contributed by atoms with Gasteiger partial charge in [-0.05, 0) is 55.9 Å². The number of ketones is 2. The standard InChI is InChI=1S/C20H24O2/c1-12-8-13(2)18(14(3)9-12)19-17(21)11-16(20(19)22)10-15-6-4-5-7-15/h8-9,11,15,19H,4-7,10H2,1-3H3. The van der Waals surface area contributed by atoms with Gasteiger partial charge >= 0.3 is 0 Å². The summed E-state index contributed by atoms with van der Waals surface area (Å²) in [5, 5.41) is 0. The number of aryl methyl sites for hydroxylation is 3. The van der Waals surface area contributed by atoms with Crippen LogP contribution in [0.15, 0.2) is 23.8 Å². The molecule has 1 aromatic rings. The van der Waals surface area contributed by atoms with Crippen molar-refractivity contribution in [2.24, 2.45) is 5.92 Å². The topological polar surface area (TPSA) is 34.1 Å². The Hall–Kier alpha value is -1.70. The molecule has 1 aromatic carbocycles. The molecule has 2 heteroatoms. The second kappa shape index (κ2) is 5.83. The van der Waals surface area contributed by atoms with Crippen LogP contribution in [0.4, 0.5) is 0 Å². The predicted octanol–water partition coefficient (Wildman–Crippen LogP) is 4.35. The highest BCUT2D eigenvalue weighted by Crippen LogP contribution is 2.38. The molecule has 2 aliphatic carbocycles. The van der Waals surface area contributed by atoms with Crippen molar-refractivity contribution in [3.8, 4) is 0 Å². The van der Waals surface area contributed by atoms with E-state index >= 15 is 0 Å². The summed E-state index contributed by atoms with van der Waals surface area (Å²) in [6.45, 7) is 6.06. The zero-order chi connectivity index (χ0) is 15.9. The van der Waals surface area contributed by atoms with Gasteiger partial charge < -0.3 is 0 Å². The van der Waals surface area contributed by atoms with E-state index in [1.54, 1.807) is 6.08 Å². The van der Waals surface area contributed by atoms with Crippen LogP contribution in [0.1, 0.15) is 60.3 Å². The van der Waals surface area contributed by atoms with E-state index in [2.05, 4.69) is 12.1 Å². The average Bonchev–Trinajstić information content (AvgIpc) is 3.02. The van der Waals surface area contributed by atoms with Crippen molar-refractivity contribution in [3.63, 3.8) is 0 Å². The summed E-state index contributed by atoms with van der Waals surface area (Å²) in [6, 6.07) is 4.13. The SMILES string of the molecule is Cc1cc(C)c(C2C(=O)C=C(CC3CCCC3)C2=O)c(C)c1. The van der Waals surface area contributed by atoms with Gasteiger partial charge in [-0.2, -0.15) is 0 Å². The molecule has 1 atom stereocenters. The maximum absolute atomic E-state index is 12.8. The monoisotopic (exact) mass is 296 g/mol. The van der Waals surface area contributed by atoms with Gasteiger partial charge in [0.25, 0.3) is 0 Å². The summed E-state index contributed by atoms with van der Waals surface area (Å²) >= 11 is 0. The van der Waals surface area contributed by atoms with Crippen LogP contribution in [0, 0.1) is 26.7 Å². The Kier molecular flexibility index (Phi) is 4.03. The Bertz CT molecular complexity index is 637. The normalized spacial score (nSPS) is 22.5. The van der Waals surface area contributed by atoms with Gasteiger partial charge in [0.15, 0.2) is 11.6 Å². The molecule has 1 saturated carbocycles. The zero-order valence-electron chi connectivity index (χ0n) is 13.7. The van der Waals surface area contributed by atoms with Crippen LogP contribution in [0.3, 0.4) is 0 Å². The lowest BCUT2D eigenvalue weighted by Crippen LogP contribution is -2.18. The molecule has 0 amide bonds. The van der Waals surface area contributed by atoms with Crippen molar-refractivity contribution in [1.82, 2.24) is 0 Å². The largest absolute Gasteiger partial charge is 0.294 e. The summed E-state index contributed by atoms with van der Waals surface area (Å²) in [4.78, 5) is 25.3. The van der Waals surface area contributed by atoms with Crippen LogP contribution in [0.25, 0.3) is 0 Å². The Labute approximate surface area is 132 Å². The van der Waals surface area contributed by atoms with Crippen LogP contribution in [-0.4, -0.2) is 11.6 Å². The number of hydrogen-bond donors (Lipinski definition) is 0. The van der Waals surface area contributed by atoms with Crippen molar-refractivity contribution in [2.75, 3.05) is 0 Å². The van der Waals surface area contributed by atoms with E-state index < -0.39 is 5.92 Å². The van der Waals surface area contributed by atoms with Crippen molar-refractivity contribution >= 4 is 11.6 Å². The Morgan fingerprint density at radius 3 is 2.18 bits per heavy atom. The second-order valence-electron chi connectivity index (χ2n) is 7.04. The number of hydrogen-bond acceptors (Lipinski definition) is 2. The van der Waals surface area contributed by atoms with E-state index in [1.165, 1.54) is 31.2 Å². The molecule has 2 aliphatic rings. The van der Waals surface area contributed by atoms with E-state index in [-0.39, 0.29) is 11.6 Å². The molecule has 2 nitrogen and oxygen atoms in total. The van der Waals surface area contributed by atoms with Crippen LogP contribution < -0.4 is 0 Å². The maximum Gasteiger partial charge on any atom is 0.174 e. The van der Waals surface area contributed by atoms with Gasteiger partial charge in [0.2, 0.25) is 0 Å². The fraction of sp³-hybridized carbons (Fsp3) is 0.500. The third-order valence-electron chi connectivity index (χ3n) is 5.19. The molecule has 1 fully saturated rings. The lowest BCUT2D eigenvalue weighted by molar-refractivity contribution is -0.123. The van der Waals surface area contributed by atoms with Crippen molar-refractivity contribution in [3.05, 3.63) is 46.0 Å². The lowest BCUT2D eigenvalue weighted by atomic mass is 9.85. The minimum Gasteiger partial charge on any atom is -0.294 e. The van der Waals surface area contributed by atoms with Crippen LogP contribution in [0.5, 0.6) is 0 Å². The quantitative estimate of drug-likeness (QED) is 0.777. The maximum atomic E-state index is 12.8. The fourth-order valence-electron chi connectivity index (χ4n) is 4.25. The molecule has 0 aromatic heterocycles. The molecule has 0 aliphatic heterocycles. The van der Waals surface area contributed by atoms with Gasteiger partial charge in [-0.25, -0.2) is 0 Å². The summed E-state index contributed by atoms with van der Waals surface area (Å²) in [6.07, 6.45) is 7.35. The van der Waals surface area contributed by atoms with Gasteiger partial charge in [-0.15, -0.1) is 0 Å². The Morgan fingerprint density at radius 2 is 1.59 bits per heavy atom. The molecule has 0 saturated heterocycles. The van der Waals surface area contributed by atoms with E-state index in [4.69, 9.17) is 0 Å². The molecule has 0 bridgehead atoms. The van der Waals surface area contributed by atoms with E-state index in [0.29, 0.717) is 5.92 Å². The smallest absolute Gasteiger partial charge is 0.174 e. The van der Waals surface area contributed by atoms with Crippen LogP contribution in [0.2, 0.25) is 0 Å². The molecule has 0 radical (unpaired) electrons. The van der Waals surface area contributed by atoms with E-state index in [9.17, 15) is 9.59 Å². The number of carbonyl (C=O) groups is 2. The summed E-state index contributed by atoms with van der Waals surface area (Å²) in [7, 11) is 0. The van der Waals surface area contributed by atoms with Crippen LogP contribution in [-0.2, 0) is 9.59 Å². The summed E-state index contributed by atoms with van der Waals surface area (Å²) in [5.74, 6) is 0.0407. The van der Waals surface area contributed by atoms with Gasteiger partial charge in [0, 0.05) is 5.57 Å². The number of Topliss-reactive ketones (excluding diaryl/α,β-unsaturated/α-hetero) is 1. The summed E-state index contributed by atoms with van der Waals surface area (Å²) in [5.41, 5.74) is 4.98. The number of benzene rings is 1. The molecule has 3 rings (SSSR count). The first kappa shape index (κ1) is 15.2. The third kappa shape index (κ3) is 2.67. The van der Waals surface area contributed by atoms with Crippen molar-refractivity contribution < 1.29 is 9.59 Å². The Morgan fingerprint density at radius 1 is 1.00 bits per heavy atom. The van der Waals surface area contributed by atoms with Crippen molar-refractivity contribution in [2.45, 2.75) is 58.8 Å². The highest BCUT2D eigenvalue weighted by molar-refractivity contribution is 6.25. The molecule has 0 heterocycles. The van der Waals surface area contributed by atoms with Gasteiger partial charge in [0.1, 0.15) is 5.92 Å². The molecule has 0 spiro atoms. The highest BCUT2D eigenvalue weighted by atomic mass is 16.2. The summed E-state index contributed by atoms with van der Waals surface area (Å²) < 4.78 is 0. The molecule has 0 N–H and O–H groups in total. The lowest BCUT2D eigenvalue weighted by Gasteiger charge is -2.17. The zero-order valence-corrected chi connectivity index (χ0v) is 13.7. The molecular weight excluding hydrogens is 272 g/mol. The molecule has 22 heavy (non-hydrogen) atoms. The molecule has 116 valence electrons. The second-order valence-corrected chi connectivity index (χ2v) is 7.04. The highest BCUT2D eigenvalue weighted by Gasteiger charge is 2.38. The minimum atomic E-state index is -0.586. The van der Waals surface area contributed by atoms with Gasteiger partial charge in [-0.3, -0.25) is 9.59 Å². The predicted molar refractivity (Wildman–Crippen MR) is 88.1 cm³/mol. The van der Waals surface area contributed by atoms with E-state index in [1.807, 2.05) is 20.8 Å². The average molecular weight is 296 g/mol. The van der Waals surface area contributed by atoms with Gasteiger partial charge in [-0.1, -0.05) is 43.4 Å². The molecular formula is C20H24O2. The molecule has 1 unspecified atom stereocenters. The first-order valence-electron chi connectivity index (χ1n) is 8.33.